The van der Waals surface area contributed by atoms with E-state index in [1.165, 1.54) is 7.11 Å². The highest BCUT2D eigenvalue weighted by atomic mass is 16.5. The van der Waals surface area contributed by atoms with Crippen molar-refractivity contribution < 1.29 is 14.3 Å². The first-order chi connectivity index (χ1) is 12.1. The van der Waals surface area contributed by atoms with Crippen molar-refractivity contribution in [1.29, 1.82) is 0 Å². The molecule has 0 aromatic heterocycles. The number of nitrogens with one attached hydrogen (secondary N) is 1. The van der Waals surface area contributed by atoms with Crippen molar-refractivity contribution in [2.45, 2.75) is 18.6 Å². The minimum atomic E-state index is -0.797. The minimum absolute atomic E-state index is 0.307. The molecular formula is C20H22N2O3. The molecule has 0 aliphatic rings. The van der Waals surface area contributed by atoms with Crippen LogP contribution in [-0.4, -0.2) is 25.0 Å². The van der Waals surface area contributed by atoms with Gasteiger partial charge >= 0.3 is 0 Å². The molecular weight excluding hydrogens is 316 g/mol. The van der Waals surface area contributed by atoms with E-state index in [9.17, 15) is 9.59 Å². The Bertz CT molecular complexity index is 714. The fraction of sp³-hybridized carbons (Fsp3) is 0.200. The molecule has 0 saturated carbocycles. The summed E-state index contributed by atoms with van der Waals surface area (Å²) in [5.41, 5.74) is 7.14. The zero-order chi connectivity index (χ0) is 18.1. The second-order valence-corrected chi connectivity index (χ2v) is 5.54. The summed E-state index contributed by atoms with van der Waals surface area (Å²) in [4.78, 5) is 24.1. The third-order valence-electron chi connectivity index (χ3n) is 3.72. The van der Waals surface area contributed by atoms with Crippen LogP contribution in [-0.2, 0) is 14.3 Å². The molecule has 3 N–H and O–H groups in total. The van der Waals surface area contributed by atoms with Crippen LogP contribution in [0.4, 0.5) is 0 Å². The van der Waals surface area contributed by atoms with E-state index in [-0.39, 0.29) is 0 Å². The van der Waals surface area contributed by atoms with E-state index in [0.717, 1.165) is 5.56 Å². The number of carbonyl (C=O) groups is 2. The Balaban J connectivity index is 2.01. The first-order valence-corrected chi connectivity index (χ1v) is 8.01. The lowest BCUT2D eigenvalue weighted by molar-refractivity contribution is -0.134. The van der Waals surface area contributed by atoms with Gasteiger partial charge in [-0.3, -0.25) is 9.59 Å². The number of ether oxygens (including phenoxy) is 1. The Hall–Kier alpha value is -2.92. The molecule has 2 atom stereocenters. The van der Waals surface area contributed by atoms with Gasteiger partial charge in [-0.2, -0.15) is 0 Å². The summed E-state index contributed by atoms with van der Waals surface area (Å²) in [7, 11) is 1.45. The number of rotatable bonds is 8. The molecule has 0 aliphatic carbocycles. The highest BCUT2D eigenvalue weighted by molar-refractivity contribution is 5.89. The van der Waals surface area contributed by atoms with E-state index in [1.807, 2.05) is 60.7 Å². The van der Waals surface area contributed by atoms with Crippen LogP contribution < -0.4 is 11.1 Å². The van der Waals surface area contributed by atoms with Gasteiger partial charge in [-0.25, -0.2) is 0 Å². The summed E-state index contributed by atoms with van der Waals surface area (Å²) in [5, 5.41) is 2.66. The van der Waals surface area contributed by atoms with Crippen molar-refractivity contribution in [2.24, 2.45) is 5.73 Å². The molecule has 0 unspecified atom stereocenters. The molecule has 25 heavy (non-hydrogen) atoms. The maximum absolute atomic E-state index is 12.5. The zero-order valence-corrected chi connectivity index (χ0v) is 14.1. The molecule has 5 nitrogen and oxygen atoms in total. The van der Waals surface area contributed by atoms with E-state index in [4.69, 9.17) is 10.5 Å². The molecule has 0 saturated heterocycles. The van der Waals surface area contributed by atoms with Gasteiger partial charge in [0.25, 0.3) is 5.91 Å². The van der Waals surface area contributed by atoms with Crippen LogP contribution >= 0.6 is 0 Å². The number of primary amides is 1. The van der Waals surface area contributed by atoms with Gasteiger partial charge in [0.15, 0.2) is 6.10 Å². The van der Waals surface area contributed by atoms with Crippen LogP contribution in [0.25, 0.3) is 6.08 Å². The number of carbonyl (C=O) groups excluding carboxylic acids is 2. The highest BCUT2D eigenvalue weighted by Crippen LogP contribution is 2.16. The van der Waals surface area contributed by atoms with Crippen LogP contribution in [0.5, 0.6) is 0 Å². The Labute approximate surface area is 147 Å². The van der Waals surface area contributed by atoms with Crippen molar-refractivity contribution in [3.05, 3.63) is 77.9 Å². The first-order valence-electron chi connectivity index (χ1n) is 8.01. The predicted octanol–water partition coefficient (Wildman–Crippen LogP) is 2.45. The molecule has 2 aromatic carbocycles. The third kappa shape index (κ3) is 5.58. The predicted molar refractivity (Wildman–Crippen MR) is 97.4 cm³/mol. The second-order valence-electron chi connectivity index (χ2n) is 5.54. The summed E-state index contributed by atoms with van der Waals surface area (Å²) in [6.07, 6.45) is 3.21. The molecule has 0 aliphatic heterocycles. The Morgan fingerprint density at radius 2 is 1.68 bits per heavy atom. The van der Waals surface area contributed by atoms with E-state index in [0.29, 0.717) is 12.0 Å². The van der Waals surface area contributed by atoms with Gasteiger partial charge in [0.1, 0.15) is 6.04 Å². The van der Waals surface area contributed by atoms with Crippen molar-refractivity contribution in [3.63, 3.8) is 0 Å². The molecule has 130 valence electrons. The standard InChI is InChI=1S/C20H22N2O3/c1-25-18(16-12-6-3-7-13-16)20(24)22-17(19(21)23)14-8-11-15-9-4-2-5-10-15/h2-13,17-18H,14H2,1H3,(H2,21,23)(H,22,24)/b11-8+/t17-,18-/m1/s1. The second kappa shape index (κ2) is 9.39. The Morgan fingerprint density at radius 3 is 2.24 bits per heavy atom. The number of nitrogens with two attached hydrogens (primary N) is 1. The Morgan fingerprint density at radius 1 is 1.08 bits per heavy atom. The lowest BCUT2D eigenvalue weighted by atomic mass is 10.1. The molecule has 0 radical (unpaired) electrons. The SMILES string of the molecule is CO[C@@H](C(=O)N[C@H](C/C=C/c1ccccc1)C(N)=O)c1ccccc1. The van der Waals surface area contributed by atoms with Crippen LogP contribution in [0.2, 0.25) is 0 Å². The highest BCUT2D eigenvalue weighted by Gasteiger charge is 2.24. The van der Waals surface area contributed by atoms with Crippen LogP contribution in [0, 0.1) is 0 Å². The van der Waals surface area contributed by atoms with E-state index < -0.39 is 24.0 Å². The summed E-state index contributed by atoms with van der Waals surface area (Å²) in [6.45, 7) is 0. The van der Waals surface area contributed by atoms with Crippen LogP contribution in [0.15, 0.2) is 66.7 Å². The normalized spacial score (nSPS) is 13.3. The summed E-state index contributed by atoms with van der Waals surface area (Å²) < 4.78 is 5.27. The van der Waals surface area contributed by atoms with Crippen LogP contribution in [0.1, 0.15) is 23.7 Å². The number of benzene rings is 2. The van der Waals surface area contributed by atoms with Crippen molar-refractivity contribution in [3.8, 4) is 0 Å². The van der Waals surface area contributed by atoms with Gasteiger partial charge in [-0.05, 0) is 17.5 Å². The molecule has 0 heterocycles. The zero-order valence-electron chi connectivity index (χ0n) is 14.1. The van der Waals surface area contributed by atoms with Crippen molar-refractivity contribution in [2.75, 3.05) is 7.11 Å². The summed E-state index contributed by atoms with van der Waals surface area (Å²) in [6, 6.07) is 18.0. The molecule has 0 fully saturated rings. The Kier molecular flexibility index (Phi) is 6.92. The van der Waals surface area contributed by atoms with Crippen LogP contribution in [0.3, 0.4) is 0 Å². The van der Waals surface area contributed by atoms with Gasteiger partial charge in [-0.1, -0.05) is 72.8 Å². The largest absolute Gasteiger partial charge is 0.368 e. The molecule has 5 heteroatoms. The third-order valence-corrected chi connectivity index (χ3v) is 3.72. The number of hydrogen-bond acceptors (Lipinski definition) is 3. The fourth-order valence-electron chi connectivity index (χ4n) is 2.42. The average molecular weight is 338 g/mol. The molecule has 0 bridgehead atoms. The number of methoxy groups -OCH3 is 1. The van der Waals surface area contributed by atoms with Crippen molar-refractivity contribution >= 4 is 17.9 Å². The maximum atomic E-state index is 12.5. The topological polar surface area (TPSA) is 81.4 Å². The van der Waals surface area contributed by atoms with Gasteiger partial charge in [0.05, 0.1) is 0 Å². The molecule has 2 aromatic rings. The monoisotopic (exact) mass is 338 g/mol. The van der Waals surface area contributed by atoms with Gasteiger partial charge in [0.2, 0.25) is 5.91 Å². The van der Waals surface area contributed by atoms with Gasteiger partial charge in [-0.15, -0.1) is 0 Å². The number of hydrogen-bond donors (Lipinski definition) is 2. The first kappa shape index (κ1) is 18.4. The molecule has 0 spiro atoms. The minimum Gasteiger partial charge on any atom is -0.368 e. The van der Waals surface area contributed by atoms with E-state index >= 15 is 0 Å². The van der Waals surface area contributed by atoms with Crippen molar-refractivity contribution in [1.82, 2.24) is 5.32 Å². The summed E-state index contributed by atoms with van der Waals surface area (Å²) >= 11 is 0. The summed E-state index contributed by atoms with van der Waals surface area (Å²) in [5.74, 6) is -0.986. The molecule has 2 amide bonds. The van der Waals surface area contributed by atoms with Gasteiger partial charge in [0, 0.05) is 7.11 Å². The van der Waals surface area contributed by atoms with E-state index in [2.05, 4.69) is 5.32 Å². The fourth-order valence-corrected chi connectivity index (χ4v) is 2.42. The lowest BCUT2D eigenvalue weighted by Gasteiger charge is -2.19. The lowest BCUT2D eigenvalue weighted by Crippen LogP contribution is -2.46. The molecule has 2 rings (SSSR count). The van der Waals surface area contributed by atoms with E-state index in [1.54, 1.807) is 12.1 Å². The smallest absolute Gasteiger partial charge is 0.254 e. The average Bonchev–Trinajstić information content (AvgIpc) is 2.63. The van der Waals surface area contributed by atoms with Gasteiger partial charge < -0.3 is 15.8 Å². The maximum Gasteiger partial charge on any atom is 0.254 e. The number of amides is 2. The quantitative estimate of drug-likeness (QED) is 0.776.